The van der Waals surface area contributed by atoms with Gasteiger partial charge in [0.05, 0.1) is 16.6 Å². The Hall–Kier alpha value is -1.42. The molecule has 16 heavy (non-hydrogen) atoms. The molecule has 0 atom stereocenters. The molecule has 0 amide bonds. The van der Waals surface area contributed by atoms with Crippen LogP contribution in [-0.2, 0) is 12.6 Å². The molecule has 1 heterocycles. The zero-order valence-electron chi connectivity index (χ0n) is 9.20. The number of fused-ring (bicyclic) bond motifs is 1. The maximum Gasteiger partial charge on any atom is 0.129 e. The lowest BCUT2D eigenvalue weighted by molar-refractivity contribution is 0.234. The highest BCUT2D eigenvalue weighted by molar-refractivity contribution is 5.76. The van der Waals surface area contributed by atoms with Gasteiger partial charge in [-0.2, -0.15) is 0 Å². The fraction of sp³-hybridized carbons (Fsp3) is 0.417. The minimum atomic E-state index is -0.301. The van der Waals surface area contributed by atoms with Crippen LogP contribution in [0.25, 0.3) is 11.0 Å². The predicted octanol–water partition coefficient (Wildman–Crippen LogP) is 2.05. The average molecular weight is 219 g/mol. The van der Waals surface area contributed by atoms with E-state index in [-0.39, 0.29) is 11.4 Å². The highest BCUT2D eigenvalue weighted by Crippen LogP contribution is 2.38. The zero-order chi connectivity index (χ0) is 11.3. The third-order valence-corrected chi connectivity index (χ3v) is 3.53. The summed E-state index contributed by atoms with van der Waals surface area (Å²) in [4.78, 5) is 4.52. The van der Waals surface area contributed by atoms with Gasteiger partial charge in [0.1, 0.15) is 11.6 Å². The molecule has 4 heteroatoms. The molecule has 0 unspecified atom stereocenters. The number of hydrogen-bond donors (Lipinski definition) is 1. The van der Waals surface area contributed by atoms with Gasteiger partial charge >= 0.3 is 0 Å². The molecule has 1 saturated carbocycles. The summed E-state index contributed by atoms with van der Waals surface area (Å²) in [6.07, 6.45) is 3.08. The van der Waals surface area contributed by atoms with Crippen LogP contribution in [0.3, 0.4) is 0 Å². The van der Waals surface area contributed by atoms with Crippen LogP contribution in [0.2, 0.25) is 0 Å². The van der Waals surface area contributed by atoms with Gasteiger partial charge in [-0.15, -0.1) is 0 Å². The minimum absolute atomic E-state index is 0.235. The number of aromatic nitrogens is 2. The number of aryl methyl sites for hydroxylation is 1. The van der Waals surface area contributed by atoms with Crippen molar-refractivity contribution in [3.05, 3.63) is 29.8 Å². The van der Waals surface area contributed by atoms with Gasteiger partial charge in [-0.05, 0) is 37.5 Å². The standard InChI is InChI=1S/C12H14FN3/c1-16-10-7-8(13)3-4-9(10)15-11(16)12(14)5-2-6-12/h3-4,7H,2,5-6,14H2,1H3. The van der Waals surface area contributed by atoms with Gasteiger partial charge in [0.25, 0.3) is 0 Å². The summed E-state index contributed by atoms with van der Waals surface area (Å²) in [7, 11) is 1.90. The highest BCUT2D eigenvalue weighted by atomic mass is 19.1. The predicted molar refractivity (Wildman–Crippen MR) is 60.4 cm³/mol. The summed E-state index contributed by atoms with van der Waals surface area (Å²) < 4.78 is 15.1. The number of nitrogens with zero attached hydrogens (tertiary/aromatic N) is 2. The second-order valence-electron chi connectivity index (χ2n) is 4.64. The highest BCUT2D eigenvalue weighted by Gasteiger charge is 2.38. The molecule has 1 fully saturated rings. The van der Waals surface area contributed by atoms with Crippen LogP contribution in [0.15, 0.2) is 18.2 Å². The second kappa shape index (κ2) is 3.04. The number of rotatable bonds is 1. The van der Waals surface area contributed by atoms with Crippen molar-refractivity contribution in [1.82, 2.24) is 9.55 Å². The van der Waals surface area contributed by atoms with Gasteiger partial charge in [0, 0.05) is 7.05 Å². The Labute approximate surface area is 93.1 Å². The Morgan fingerprint density at radius 3 is 2.81 bits per heavy atom. The Kier molecular flexibility index (Phi) is 1.86. The van der Waals surface area contributed by atoms with Crippen LogP contribution in [0, 0.1) is 5.82 Å². The third-order valence-electron chi connectivity index (χ3n) is 3.53. The minimum Gasteiger partial charge on any atom is -0.329 e. The Morgan fingerprint density at radius 2 is 2.19 bits per heavy atom. The van der Waals surface area contributed by atoms with Crippen molar-refractivity contribution in [2.75, 3.05) is 0 Å². The maximum absolute atomic E-state index is 13.1. The van der Waals surface area contributed by atoms with Crippen molar-refractivity contribution in [2.45, 2.75) is 24.8 Å². The molecule has 1 aliphatic carbocycles. The average Bonchev–Trinajstić information content (AvgIpc) is 2.53. The first-order chi connectivity index (χ1) is 7.60. The molecule has 1 aromatic heterocycles. The topological polar surface area (TPSA) is 43.8 Å². The number of halogens is 1. The summed E-state index contributed by atoms with van der Waals surface area (Å²) in [5.41, 5.74) is 7.58. The van der Waals surface area contributed by atoms with Gasteiger partial charge in [0.2, 0.25) is 0 Å². The molecule has 1 aliphatic rings. The van der Waals surface area contributed by atoms with Crippen LogP contribution < -0.4 is 5.73 Å². The van der Waals surface area contributed by atoms with Crippen molar-refractivity contribution in [3.63, 3.8) is 0 Å². The number of hydrogen-bond acceptors (Lipinski definition) is 2. The molecule has 1 aromatic carbocycles. The van der Waals surface area contributed by atoms with E-state index in [0.29, 0.717) is 0 Å². The van der Waals surface area contributed by atoms with E-state index in [4.69, 9.17) is 5.73 Å². The van der Waals surface area contributed by atoms with Gasteiger partial charge < -0.3 is 10.3 Å². The molecule has 2 aromatic rings. The van der Waals surface area contributed by atoms with Gasteiger partial charge in [-0.3, -0.25) is 0 Å². The molecule has 84 valence electrons. The number of imidazole rings is 1. The SMILES string of the molecule is Cn1c(C2(N)CCC2)nc2ccc(F)cc21. The van der Waals surface area contributed by atoms with E-state index >= 15 is 0 Å². The van der Waals surface area contributed by atoms with Crippen LogP contribution in [-0.4, -0.2) is 9.55 Å². The van der Waals surface area contributed by atoms with Crippen molar-refractivity contribution in [1.29, 1.82) is 0 Å². The van der Waals surface area contributed by atoms with Crippen molar-refractivity contribution >= 4 is 11.0 Å². The number of benzene rings is 1. The molecule has 2 N–H and O–H groups in total. The molecular weight excluding hydrogens is 205 g/mol. The molecule has 3 rings (SSSR count). The first-order valence-corrected chi connectivity index (χ1v) is 5.51. The lowest BCUT2D eigenvalue weighted by atomic mass is 9.77. The Balaban J connectivity index is 2.23. The van der Waals surface area contributed by atoms with Crippen molar-refractivity contribution in [2.24, 2.45) is 12.8 Å². The molecular formula is C12H14FN3. The fourth-order valence-corrected chi connectivity index (χ4v) is 2.39. The first-order valence-electron chi connectivity index (χ1n) is 5.51. The molecule has 0 bridgehead atoms. The fourth-order valence-electron chi connectivity index (χ4n) is 2.39. The van der Waals surface area contributed by atoms with Crippen LogP contribution in [0.4, 0.5) is 4.39 Å². The van der Waals surface area contributed by atoms with E-state index in [9.17, 15) is 4.39 Å². The summed E-state index contributed by atoms with van der Waals surface area (Å²) in [5, 5.41) is 0. The lowest BCUT2D eigenvalue weighted by Crippen LogP contribution is -2.45. The Bertz CT molecular complexity index is 555. The van der Waals surface area contributed by atoms with Gasteiger partial charge in [-0.1, -0.05) is 0 Å². The van der Waals surface area contributed by atoms with E-state index < -0.39 is 0 Å². The van der Waals surface area contributed by atoms with Crippen molar-refractivity contribution in [3.8, 4) is 0 Å². The van der Waals surface area contributed by atoms with E-state index in [0.717, 1.165) is 36.1 Å². The second-order valence-corrected chi connectivity index (χ2v) is 4.64. The zero-order valence-corrected chi connectivity index (χ0v) is 9.20. The summed E-state index contributed by atoms with van der Waals surface area (Å²) in [6.45, 7) is 0. The van der Waals surface area contributed by atoms with E-state index in [1.54, 1.807) is 6.07 Å². The third kappa shape index (κ3) is 1.19. The molecule has 3 nitrogen and oxygen atoms in total. The lowest BCUT2D eigenvalue weighted by Gasteiger charge is -2.37. The summed E-state index contributed by atoms with van der Waals surface area (Å²) in [5.74, 6) is 0.640. The maximum atomic E-state index is 13.1. The quantitative estimate of drug-likeness (QED) is 0.797. The smallest absolute Gasteiger partial charge is 0.129 e. The van der Waals surface area contributed by atoms with Crippen molar-refractivity contribution < 1.29 is 4.39 Å². The number of nitrogens with two attached hydrogens (primary N) is 1. The van der Waals surface area contributed by atoms with Crippen LogP contribution >= 0.6 is 0 Å². The Morgan fingerprint density at radius 1 is 1.44 bits per heavy atom. The van der Waals surface area contributed by atoms with Gasteiger partial charge in [0.15, 0.2) is 0 Å². The molecule has 0 spiro atoms. The molecule has 0 saturated heterocycles. The van der Waals surface area contributed by atoms with Crippen LogP contribution in [0.1, 0.15) is 25.1 Å². The monoisotopic (exact) mass is 219 g/mol. The van der Waals surface area contributed by atoms with Crippen LogP contribution in [0.5, 0.6) is 0 Å². The molecule has 0 aliphatic heterocycles. The van der Waals surface area contributed by atoms with Gasteiger partial charge in [-0.25, -0.2) is 9.37 Å². The van der Waals surface area contributed by atoms with E-state index in [1.807, 2.05) is 11.6 Å². The summed E-state index contributed by atoms with van der Waals surface area (Å²) >= 11 is 0. The largest absolute Gasteiger partial charge is 0.329 e. The normalized spacial score (nSPS) is 18.7. The first kappa shape index (κ1) is 9.78. The summed E-state index contributed by atoms with van der Waals surface area (Å²) in [6, 6.07) is 4.65. The van der Waals surface area contributed by atoms with E-state index in [1.165, 1.54) is 12.1 Å². The molecule has 0 radical (unpaired) electrons. The van der Waals surface area contributed by atoms with E-state index in [2.05, 4.69) is 4.98 Å².